The van der Waals surface area contributed by atoms with Crippen LogP contribution in [0.1, 0.15) is 30.6 Å². The number of aliphatic carboxylic acids is 1. The van der Waals surface area contributed by atoms with Crippen molar-refractivity contribution < 1.29 is 23.9 Å². The van der Waals surface area contributed by atoms with Crippen LogP contribution in [-0.4, -0.2) is 22.9 Å². The van der Waals surface area contributed by atoms with E-state index < -0.39 is 22.9 Å². The summed E-state index contributed by atoms with van der Waals surface area (Å²) in [5.74, 6) is -2.08. The molecule has 0 radical (unpaired) electrons. The topological polar surface area (TPSA) is 74.7 Å². The highest BCUT2D eigenvalue weighted by atomic mass is 79.9. The van der Waals surface area contributed by atoms with Crippen LogP contribution >= 0.6 is 27.3 Å². The Morgan fingerprint density at radius 1 is 1.23 bits per heavy atom. The summed E-state index contributed by atoms with van der Waals surface area (Å²) in [4.78, 5) is 36.8. The molecule has 2 amide bonds. The number of thiophene rings is 1. The number of carboxylic acid groups (broad SMARTS) is 1. The van der Waals surface area contributed by atoms with Gasteiger partial charge in [-0.3, -0.25) is 14.4 Å². The molecule has 0 saturated carbocycles. The lowest BCUT2D eigenvalue weighted by Crippen LogP contribution is -2.32. The first-order valence-electron chi connectivity index (χ1n) is 6.71. The van der Waals surface area contributed by atoms with Crippen LogP contribution in [0.15, 0.2) is 15.6 Å². The minimum atomic E-state index is -1.11. The molecule has 116 valence electrons. The fraction of sp³-hybridized carbons (Fsp3) is 0.357. The Hall–Kier alpha value is -1.54. The summed E-state index contributed by atoms with van der Waals surface area (Å²) in [5, 5.41) is 8.11. The van der Waals surface area contributed by atoms with Gasteiger partial charge in [0.2, 0.25) is 5.13 Å². The van der Waals surface area contributed by atoms with Crippen LogP contribution in [0, 0.1) is 5.13 Å². The van der Waals surface area contributed by atoms with E-state index in [9.17, 15) is 18.8 Å². The first kappa shape index (κ1) is 15.4. The van der Waals surface area contributed by atoms with E-state index in [-0.39, 0.29) is 21.5 Å². The minimum absolute atomic E-state index is 0.161. The van der Waals surface area contributed by atoms with Crippen molar-refractivity contribution in [2.45, 2.75) is 32.1 Å². The molecule has 1 aliphatic heterocycles. The summed E-state index contributed by atoms with van der Waals surface area (Å²) >= 11 is 3.77. The highest BCUT2D eigenvalue weighted by molar-refractivity contribution is 9.10. The number of nitrogens with zero attached hydrogens (tertiary/aromatic N) is 1. The third-order valence-corrected chi connectivity index (χ3v) is 5.86. The fourth-order valence-corrected chi connectivity index (χ4v) is 4.55. The molecule has 5 nitrogen and oxygen atoms in total. The van der Waals surface area contributed by atoms with Gasteiger partial charge in [-0.05, 0) is 41.6 Å². The lowest BCUT2D eigenvalue weighted by molar-refractivity contribution is -0.136. The normalized spacial score (nSPS) is 18.2. The zero-order chi connectivity index (χ0) is 16.0. The number of anilines is 1. The summed E-state index contributed by atoms with van der Waals surface area (Å²) in [7, 11) is 0. The van der Waals surface area contributed by atoms with Gasteiger partial charge in [0.1, 0.15) is 5.69 Å². The first-order chi connectivity index (χ1) is 10.4. The van der Waals surface area contributed by atoms with E-state index in [1.165, 1.54) is 0 Å². The van der Waals surface area contributed by atoms with Gasteiger partial charge in [0.25, 0.3) is 11.8 Å². The molecule has 2 aliphatic rings. The molecule has 22 heavy (non-hydrogen) atoms. The molecule has 0 spiro atoms. The van der Waals surface area contributed by atoms with E-state index in [4.69, 9.17) is 5.11 Å². The molecule has 0 aromatic carbocycles. The lowest BCUT2D eigenvalue weighted by Gasteiger charge is -2.14. The molecule has 2 heterocycles. The van der Waals surface area contributed by atoms with E-state index in [0.717, 1.165) is 17.7 Å². The van der Waals surface area contributed by atoms with Crippen LogP contribution < -0.4 is 4.90 Å². The van der Waals surface area contributed by atoms with Crippen molar-refractivity contribution in [3.63, 3.8) is 0 Å². The summed E-state index contributed by atoms with van der Waals surface area (Å²) in [6.45, 7) is 0. The van der Waals surface area contributed by atoms with Crippen molar-refractivity contribution in [1.29, 1.82) is 0 Å². The van der Waals surface area contributed by atoms with Crippen LogP contribution in [0.3, 0.4) is 0 Å². The molecule has 1 aromatic rings. The van der Waals surface area contributed by atoms with Crippen LogP contribution in [0.2, 0.25) is 0 Å². The molecular weight excluding hydrogens is 377 g/mol. The van der Waals surface area contributed by atoms with E-state index in [0.29, 0.717) is 35.3 Å². The molecule has 1 N–H and O–H groups in total. The fourth-order valence-electron chi connectivity index (χ4n) is 2.80. The molecule has 0 atom stereocenters. The number of carboxylic acids is 1. The van der Waals surface area contributed by atoms with Gasteiger partial charge in [-0.1, -0.05) is 0 Å². The SMILES string of the molecule is O=C(O)Cc1sc(F)c(N2C(=O)C3=C(CCCC3)C2=O)c1Br. The van der Waals surface area contributed by atoms with Crippen molar-refractivity contribution >= 4 is 50.7 Å². The van der Waals surface area contributed by atoms with Crippen LogP contribution in [-0.2, 0) is 20.8 Å². The van der Waals surface area contributed by atoms with Gasteiger partial charge in [-0.2, -0.15) is 4.39 Å². The van der Waals surface area contributed by atoms with Gasteiger partial charge in [0, 0.05) is 16.0 Å². The van der Waals surface area contributed by atoms with E-state index >= 15 is 0 Å². The third kappa shape index (κ3) is 2.30. The van der Waals surface area contributed by atoms with E-state index in [1.807, 2.05) is 0 Å². The summed E-state index contributed by atoms with van der Waals surface area (Å²) < 4.78 is 14.4. The van der Waals surface area contributed by atoms with Gasteiger partial charge >= 0.3 is 5.97 Å². The second kappa shape index (κ2) is 5.58. The van der Waals surface area contributed by atoms with Crippen molar-refractivity contribution in [1.82, 2.24) is 0 Å². The largest absolute Gasteiger partial charge is 0.481 e. The predicted octanol–water partition coefficient (Wildman–Crippen LogP) is 3.02. The first-order valence-corrected chi connectivity index (χ1v) is 8.32. The summed E-state index contributed by atoms with van der Waals surface area (Å²) in [6, 6.07) is 0. The van der Waals surface area contributed by atoms with Gasteiger partial charge < -0.3 is 5.11 Å². The zero-order valence-corrected chi connectivity index (χ0v) is 13.7. The number of rotatable bonds is 3. The third-order valence-electron chi connectivity index (χ3n) is 3.78. The predicted molar refractivity (Wildman–Crippen MR) is 81.3 cm³/mol. The van der Waals surface area contributed by atoms with Crippen LogP contribution in [0.4, 0.5) is 10.1 Å². The lowest BCUT2D eigenvalue weighted by atomic mass is 9.93. The molecule has 1 aliphatic carbocycles. The van der Waals surface area contributed by atoms with Gasteiger partial charge in [-0.25, -0.2) is 4.90 Å². The Labute approximate surface area is 137 Å². The minimum Gasteiger partial charge on any atom is -0.481 e. The van der Waals surface area contributed by atoms with Gasteiger partial charge in [0.15, 0.2) is 0 Å². The second-order valence-electron chi connectivity index (χ2n) is 5.14. The Morgan fingerprint density at radius 3 is 2.27 bits per heavy atom. The van der Waals surface area contributed by atoms with Crippen LogP contribution in [0.25, 0.3) is 0 Å². The number of halogens is 2. The number of hydrogen-bond donors (Lipinski definition) is 1. The van der Waals surface area contributed by atoms with Gasteiger partial charge in [0.05, 0.1) is 10.9 Å². The van der Waals surface area contributed by atoms with Gasteiger partial charge in [-0.15, -0.1) is 11.3 Å². The summed E-state index contributed by atoms with van der Waals surface area (Å²) in [6.07, 6.45) is 2.36. The Bertz CT molecular complexity index is 711. The molecular formula is C14H11BrFNO4S. The van der Waals surface area contributed by atoms with E-state index in [1.54, 1.807) is 0 Å². The molecule has 0 unspecified atom stereocenters. The maximum Gasteiger partial charge on any atom is 0.308 e. The van der Waals surface area contributed by atoms with Crippen molar-refractivity contribution in [2.24, 2.45) is 0 Å². The zero-order valence-electron chi connectivity index (χ0n) is 11.3. The molecule has 0 bridgehead atoms. The number of amides is 2. The number of hydrogen-bond acceptors (Lipinski definition) is 4. The number of carbonyl (C=O) groups is 3. The smallest absolute Gasteiger partial charge is 0.308 e. The summed E-state index contributed by atoms with van der Waals surface area (Å²) in [5.41, 5.74) is 0.771. The Morgan fingerprint density at radius 2 is 1.77 bits per heavy atom. The van der Waals surface area contributed by atoms with Crippen LogP contribution in [0.5, 0.6) is 0 Å². The monoisotopic (exact) mass is 387 g/mol. The second-order valence-corrected chi connectivity index (χ2v) is 6.99. The highest BCUT2D eigenvalue weighted by Gasteiger charge is 2.42. The average Bonchev–Trinajstić information content (AvgIpc) is 2.87. The van der Waals surface area contributed by atoms with Crippen molar-refractivity contribution in [2.75, 3.05) is 4.90 Å². The molecule has 3 rings (SSSR count). The molecule has 8 heteroatoms. The van der Waals surface area contributed by atoms with Crippen molar-refractivity contribution in [3.8, 4) is 0 Å². The average molecular weight is 388 g/mol. The molecule has 0 saturated heterocycles. The standard InChI is InChI=1S/C14H11BrFNO4S/c15-10-8(5-9(18)19)22-12(16)11(10)17-13(20)6-3-1-2-4-7(6)14(17)21/h1-5H2,(H,18,19). The number of carbonyl (C=O) groups excluding carboxylic acids is 2. The van der Waals surface area contributed by atoms with E-state index in [2.05, 4.69) is 15.9 Å². The number of imide groups is 1. The van der Waals surface area contributed by atoms with Crippen molar-refractivity contribution in [3.05, 3.63) is 25.6 Å². The Balaban J connectivity index is 2.02. The Kier molecular flexibility index (Phi) is 3.90. The quantitative estimate of drug-likeness (QED) is 0.808. The molecule has 1 aromatic heterocycles. The molecule has 0 fully saturated rings. The maximum absolute atomic E-state index is 14.2. The highest BCUT2D eigenvalue weighted by Crippen LogP contribution is 2.44. The maximum atomic E-state index is 14.2.